The minimum Gasteiger partial charge on any atom is -0.455 e. The molecule has 0 aliphatic carbocycles. The van der Waals surface area contributed by atoms with E-state index in [0.29, 0.717) is 11.1 Å². The second-order valence-electron chi connectivity index (χ2n) is 7.08. The molecule has 0 amide bonds. The molecule has 0 fully saturated rings. The number of rotatable bonds is 9. The fourth-order valence-corrected chi connectivity index (χ4v) is 4.64. The summed E-state index contributed by atoms with van der Waals surface area (Å²) in [5.74, 6) is -0.368. The van der Waals surface area contributed by atoms with Gasteiger partial charge in [0.1, 0.15) is 11.5 Å². The van der Waals surface area contributed by atoms with Gasteiger partial charge < -0.3 is 4.42 Å². The van der Waals surface area contributed by atoms with Gasteiger partial charge in [-0.15, -0.1) is 23.5 Å². The highest BCUT2D eigenvalue weighted by Crippen LogP contribution is 2.37. The molecule has 0 unspecified atom stereocenters. The van der Waals surface area contributed by atoms with Gasteiger partial charge in [-0.25, -0.2) is 0 Å². The zero-order valence-electron chi connectivity index (χ0n) is 18.5. The van der Waals surface area contributed by atoms with Gasteiger partial charge in [-0.3, -0.25) is 4.28 Å². The maximum absolute atomic E-state index is 14.0. The molecule has 0 atom stereocenters. The van der Waals surface area contributed by atoms with Crippen molar-refractivity contribution < 1.29 is 30.3 Å². The summed E-state index contributed by atoms with van der Waals surface area (Å²) < 4.78 is 76.1. The average molecular weight is 530 g/mol. The van der Waals surface area contributed by atoms with Gasteiger partial charge in [-0.2, -0.15) is 21.6 Å². The molecule has 34 heavy (non-hydrogen) atoms. The largest absolute Gasteiger partial charge is 0.455 e. The number of oxime groups is 1. The van der Waals surface area contributed by atoms with Crippen LogP contribution in [-0.4, -0.2) is 38.6 Å². The van der Waals surface area contributed by atoms with Gasteiger partial charge in [0, 0.05) is 20.9 Å². The van der Waals surface area contributed by atoms with E-state index in [1.54, 1.807) is 43.3 Å². The quantitative estimate of drug-likeness (QED) is 0.168. The van der Waals surface area contributed by atoms with Crippen molar-refractivity contribution in [3.63, 3.8) is 0 Å². The van der Waals surface area contributed by atoms with Crippen LogP contribution in [0.4, 0.5) is 13.2 Å². The normalized spacial score (nSPS) is 12.7. The Morgan fingerprint density at radius 3 is 1.97 bits per heavy atom. The number of halogens is 3. The number of benzene rings is 2. The third kappa shape index (κ3) is 6.39. The topological polar surface area (TPSA) is 68.9 Å². The second kappa shape index (κ2) is 10.9. The lowest BCUT2D eigenvalue weighted by molar-refractivity contribution is -0.0597. The molecule has 0 aliphatic heterocycles. The van der Waals surface area contributed by atoms with Gasteiger partial charge in [-0.1, -0.05) is 36.3 Å². The molecule has 3 rings (SSSR count). The van der Waals surface area contributed by atoms with Crippen LogP contribution in [0.2, 0.25) is 0 Å². The van der Waals surface area contributed by atoms with Crippen molar-refractivity contribution in [2.75, 3.05) is 18.3 Å². The Kier molecular flexibility index (Phi) is 8.43. The summed E-state index contributed by atoms with van der Waals surface area (Å²) in [6.45, 7) is 1.57. The molecule has 11 heteroatoms. The summed E-state index contributed by atoms with van der Waals surface area (Å²) in [7, 11) is -4.26. The molecule has 0 radical (unpaired) electrons. The maximum Gasteiger partial charge on any atom is 0.437 e. The lowest BCUT2D eigenvalue weighted by Crippen LogP contribution is -2.25. The zero-order chi connectivity index (χ0) is 24.9. The van der Waals surface area contributed by atoms with Crippen LogP contribution in [0.5, 0.6) is 0 Å². The SMILES string of the molecule is CCCS(=O)(=O)O/N=C(/c1cc(-c2ccc(SC)cc2)oc1-c1ccc(SC)cc1)C(F)(F)F. The van der Waals surface area contributed by atoms with E-state index in [9.17, 15) is 21.6 Å². The number of hydrogen-bond acceptors (Lipinski definition) is 7. The number of nitrogens with zero attached hydrogens (tertiary/aromatic N) is 1. The van der Waals surface area contributed by atoms with E-state index in [-0.39, 0.29) is 17.9 Å². The van der Waals surface area contributed by atoms with Crippen molar-refractivity contribution in [2.45, 2.75) is 29.3 Å². The van der Waals surface area contributed by atoms with Crippen LogP contribution in [0.1, 0.15) is 18.9 Å². The van der Waals surface area contributed by atoms with E-state index < -0.39 is 33.3 Å². The van der Waals surface area contributed by atoms with Crippen LogP contribution in [0.25, 0.3) is 22.6 Å². The van der Waals surface area contributed by atoms with Crippen molar-refractivity contribution in [3.05, 3.63) is 60.2 Å². The van der Waals surface area contributed by atoms with Gasteiger partial charge in [0.2, 0.25) is 0 Å². The minimum atomic E-state index is -5.00. The van der Waals surface area contributed by atoms with Gasteiger partial charge >= 0.3 is 16.3 Å². The summed E-state index contributed by atoms with van der Waals surface area (Å²) in [6, 6.07) is 15.1. The first-order valence-electron chi connectivity index (χ1n) is 10.1. The molecular weight excluding hydrogens is 507 g/mol. The molecule has 0 spiro atoms. The lowest BCUT2D eigenvalue weighted by atomic mass is 10.0. The van der Waals surface area contributed by atoms with E-state index in [2.05, 4.69) is 9.44 Å². The first-order valence-corrected chi connectivity index (χ1v) is 14.1. The fourth-order valence-electron chi connectivity index (χ4n) is 3.06. The molecular formula is C23H22F3NO4S3. The predicted molar refractivity (Wildman–Crippen MR) is 131 cm³/mol. The molecule has 3 aromatic rings. The summed E-state index contributed by atoms with van der Waals surface area (Å²) in [6.07, 6.45) is -1.03. The average Bonchev–Trinajstić information content (AvgIpc) is 3.23. The first kappa shape index (κ1) is 26.2. The predicted octanol–water partition coefficient (Wildman–Crippen LogP) is 7.08. The molecule has 5 nitrogen and oxygen atoms in total. The third-order valence-corrected chi connectivity index (χ3v) is 7.38. The molecule has 0 bridgehead atoms. The lowest BCUT2D eigenvalue weighted by Gasteiger charge is -2.10. The van der Waals surface area contributed by atoms with Crippen molar-refractivity contribution in [1.29, 1.82) is 0 Å². The Bertz CT molecular complexity index is 1250. The Morgan fingerprint density at radius 1 is 0.971 bits per heavy atom. The molecule has 1 heterocycles. The summed E-state index contributed by atoms with van der Waals surface area (Å²) in [5, 5.41) is 3.05. The minimum absolute atomic E-state index is 0.0934. The highest BCUT2D eigenvalue weighted by atomic mass is 32.2. The van der Waals surface area contributed by atoms with E-state index in [4.69, 9.17) is 4.42 Å². The molecule has 0 aliphatic rings. The van der Waals surface area contributed by atoms with Crippen LogP contribution >= 0.6 is 23.5 Å². The Balaban J connectivity index is 2.18. The van der Waals surface area contributed by atoms with Gasteiger partial charge in [0.15, 0.2) is 5.71 Å². The number of thioether (sulfide) groups is 2. The smallest absolute Gasteiger partial charge is 0.437 e. The molecule has 0 saturated carbocycles. The second-order valence-corrected chi connectivity index (χ2v) is 10.5. The van der Waals surface area contributed by atoms with Crippen molar-refractivity contribution in [2.24, 2.45) is 5.16 Å². The monoisotopic (exact) mass is 529 g/mol. The summed E-state index contributed by atoms with van der Waals surface area (Å²) >= 11 is 3.01. The van der Waals surface area contributed by atoms with Crippen LogP contribution in [0.15, 0.2) is 74.0 Å². The van der Waals surface area contributed by atoms with Crippen LogP contribution in [-0.2, 0) is 14.4 Å². The summed E-state index contributed by atoms with van der Waals surface area (Å²) in [4.78, 5) is 1.90. The Hall–Kier alpha value is -2.37. The molecule has 2 aromatic carbocycles. The zero-order valence-corrected chi connectivity index (χ0v) is 21.0. The number of furan rings is 1. The molecule has 0 saturated heterocycles. The molecule has 182 valence electrons. The van der Waals surface area contributed by atoms with E-state index in [0.717, 1.165) is 9.79 Å². The van der Waals surface area contributed by atoms with Crippen LogP contribution in [0.3, 0.4) is 0 Å². The van der Waals surface area contributed by atoms with Crippen LogP contribution < -0.4 is 0 Å². The van der Waals surface area contributed by atoms with E-state index >= 15 is 0 Å². The third-order valence-electron chi connectivity index (χ3n) is 4.68. The summed E-state index contributed by atoms with van der Waals surface area (Å²) in [5.41, 5.74) is -0.966. The molecule has 1 aromatic heterocycles. The fraction of sp³-hybridized carbons (Fsp3) is 0.261. The van der Waals surface area contributed by atoms with Crippen LogP contribution in [0, 0.1) is 0 Å². The Morgan fingerprint density at radius 2 is 1.50 bits per heavy atom. The highest BCUT2D eigenvalue weighted by molar-refractivity contribution is 7.98. The number of hydrogen-bond donors (Lipinski definition) is 0. The highest BCUT2D eigenvalue weighted by Gasteiger charge is 2.41. The Labute approximate surface area is 204 Å². The van der Waals surface area contributed by atoms with Crippen molar-refractivity contribution >= 4 is 39.4 Å². The van der Waals surface area contributed by atoms with Crippen molar-refractivity contribution in [3.8, 4) is 22.6 Å². The first-order chi connectivity index (χ1) is 16.1. The van der Waals surface area contributed by atoms with E-state index in [1.807, 2.05) is 24.6 Å². The molecule has 0 N–H and O–H groups in total. The number of alkyl halides is 3. The standard InChI is InChI=1S/C23H22F3NO4S3/c1-4-13-34(28,29)31-27-22(23(24,25)26)19-14-20(15-5-9-17(32-2)10-6-15)30-21(19)16-7-11-18(33-3)12-8-16/h5-12,14H,4,13H2,1-3H3/b27-22-. The van der Waals surface area contributed by atoms with Crippen molar-refractivity contribution in [1.82, 2.24) is 0 Å². The maximum atomic E-state index is 14.0. The van der Waals surface area contributed by atoms with E-state index in [1.165, 1.54) is 29.6 Å². The van der Waals surface area contributed by atoms with Gasteiger partial charge in [0.25, 0.3) is 0 Å². The van der Waals surface area contributed by atoms with Gasteiger partial charge in [0.05, 0.1) is 11.3 Å². The van der Waals surface area contributed by atoms with Gasteiger partial charge in [-0.05, 0) is 49.3 Å².